The van der Waals surface area contributed by atoms with Crippen LogP contribution in [0.15, 0.2) is 36.7 Å². The molecule has 1 fully saturated rings. The highest BCUT2D eigenvalue weighted by Gasteiger charge is 2.31. The van der Waals surface area contributed by atoms with E-state index in [9.17, 15) is 18.0 Å². The minimum Gasteiger partial charge on any atom is -0.360 e. The van der Waals surface area contributed by atoms with Crippen LogP contribution in [-0.2, 0) is 6.18 Å². The Morgan fingerprint density at radius 1 is 1.25 bits per heavy atom. The molecule has 1 aliphatic rings. The molecule has 1 saturated heterocycles. The van der Waals surface area contributed by atoms with E-state index < -0.39 is 11.7 Å². The molecule has 1 aromatic heterocycles. The number of Topliss-reactive ketones (excluding diaryl/α,β-unsaturated/α-hetero) is 1. The lowest BCUT2D eigenvalue weighted by molar-refractivity contribution is -0.137. The quantitative estimate of drug-likeness (QED) is 0.719. The van der Waals surface area contributed by atoms with Crippen molar-refractivity contribution >= 4 is 17.4 Å². The number of piperidine rings is 1. The summed E-state index contributed by atoms with van der Waals surface area (Å²) in [6.07, 6.45) is -1.36. The Morgan fingerprint density at radius 2 is 1.96 bits per heavy atom. The number of benzene rings is 1. The molecule has 0 bridgehead atoms. The minimum absolute atomic E-state index is 0.126. The molecule has 1 atom stereocenters. The molecular weight excluding hydrogens is 369 g/mol. The van der Waals surface area contributed by atoms with E-state index in [1.165, 1.54) is 18.5 Å². The fourth-order valence-corrected chi connectivity index (χ4v) is 3.34. The van der Waals surface area contributed by atoms with Gasteiger partial charge in [0.2, 0.25) is 0 Å². The number of nitrogens with zero attached hydrogens (tertiary/aromatic N) is 4. The van der Waals surface area contributed by atoms with Gasteiger partial charge in [0.25, 0.3) is 0 Å². The summed E-state index contributed by atoms with van der Waals surface area (Å²) in [6, 6.07) is 6.36. The van der Waals surface area contributed by atoms with Crippen molar-refractivity contribution in [3.05, 3.63) is 47.8 Å². The second kappa shape index (κ2) is 8.16. The standard InChI is InChI=1S/C20H23F3N4O/c1-3-26(2)17-11-18(25-13-24-17)27-10-4-5-15(12-27)19(28)14-6-8-16(9-7-14)20(21,22)23/h6-9,11,13,15H,3-5,10,12H2,1-2H3/t15-/m1/s1. The number of alkyl halides is 3. The predicted molar refractivity (Wildman–Crippen MR) is 102 cm³/mol. The summed E-state index contributed by atoms with van der Waals surface area (Å²) in [6.45, 7) is 4.11. The minimum atomic E-state index is -4.40. The van der Waals surface area contributed by atoms with Gasteiger partial charge < -0.3 is 9.80 Å². The van der Waals surface area contributed by atoms with E-state index >= 15 is 0 Å². The lowest BCUT2D eigenvalue weighted by atomic mass is 9.89. The van der Waals surface area contributed by atoms with Crippen molar-refractivity contribution in [1.29, 1.82) is 0 Å². The fraction of sp³-hybridized carbons (Fsp3) is 0.450. The van der Waals surface area contributed by atoms with E-state index in [4.69, 9.17) is 0 Å². The lowest BCUT2D eigenvalue weighted by Gasteiger charge is -2.33. The van der Waals surface area contributed by atoms with Crippen LogP contribution in [0.4, 0.5) is 24.8 Å². The van der Waals surface area contributed by atoms with Crippen molar-refractivity contribution < 1.29 is 18.0 Å². The van der Waals surface area contributed by atoms with Gasteiger partial charge in [-0.1, -0.05) is 12.1 Å². The van der Waals surface area contributed by atoms with Crippen molar-refractivity contribution in [2.24, 2.45) is 5.92 Å². The summed E-state index contributed by atoms with van der Waals surface area (Å²) in [4.78, 5) is 25.5. The van der Waals surface area contributed by atoms with Crippen LogP contribution in [0.1, 0.15) is 35.7 Å². The first kappa shape index (κ1) is 20.1. The molecule has 3 rings (SSSR count). The summed E-state index contributed by atoms with van der Waals surface area (Å²) in [5.41, 5.74) is -0.433. The number of carbonyl (C=O) groups excluding carboxylic acids is 1. The molecule has 2 heterocycles. The number of hydrogen-bond donors (Lipinski definition) is 0. The second-order valence-corrected chi connectivity index (χ2v) is 6.97. The molecule has 0 aliphatic carbocycles. The molecular formula is C20H23F3N4O. The fourth-order valence-electron chi connectivity index (χ4n) is 3.34. The third kappa shape index (κ3) is 4.43. The van der Waals surface area contributed by atoms with Crippen molar-refractivity contribution in [3.63, 3.8) is 0 Å². The highest BCUT2D eigenvalue weighted by Crippen LogP contribution is 2.30. The normalized spacial score (nSPS) is 17.5. The zero-order chi connectivity index (χ0) is 20.3. The Kier molecular flexibility index (Phi) is 5.86. The largest absolute Gasteiger partial charge is 0.416 e. The van der Waals surface area contributed by atoms with E-state index in [1.807, 2.05) is 29.8 Å². The first-order valence-corrected chi connectivity index (χ1v) is 9.29. The number of carbonyl (C=O) groups is 1. The van der Waals surface area contributed by atoms with Gasteiger partial charge in [0, 0.05) is 44.2 Å². The van der Waals surface area contributed by atoms with Gasteiger partial charge in [0.15, 0.2) is 5.78 Å². The lowest BCUT2D eigenvalue weighted by Crippen LogP contribution is -2.39. The van der Waals surface area contributed by atoms with Crippen LogP contribution in [0.25, 0.3) is 0 Å². The van der Waals surface area contributed by atoms with Gasteiger partial charge in [-0.3, -0.25) is 4.79 Å². The van der Waals surface area contributed by atoms with Crippen LogP contribution in [0.2, 0.25) is 0 Å². The van der Waals surface area contributed by atoms with Crippen molar-refractivity contribution in [2.75, 3.05) is 36.5 Å². The molecule has 0 radical (unpaired) electrons. The maximum atomic E-state index is 12.8. The monoisotopic (exact) mass is 392 g/mol. The number of anilines is 2. The topological polar surface area (TPSA) is 49.3 Å². The van der Waals surface area contributed by atoms with E-state index in [0.717, 1.165) is 43.3 Å². The second-order valence-electron chi connectivity index (χ2n) is 6.97. The van der Waals surface area contributed by atoms with Crippen LogP contribution in [-0.4, -0.2) is 42.4 Å². The first-order chi connectivity index (χ1) is 13.3. The van der Waals surface area contributed by atoms with Gasteiger partial charge in [0.1, 0.15) is 18.0 Å². The van der Waals surface area contributed by atoms with Gasteiger partial charge in [0.05, 0.1) is 5.56 Å². The molecule has 2 aromatic rings. The number of rotatable bonds is 5. The first-order valence-electron chi connectivity index (χ1n) is 9.29. The molecule has 1 aromatic carbocycles. The van der Waals surface area contributed by atoms with Crippen molar-refractivity contribution in [3.8, 4) is 0 Å². The summed E-state index contributed by atoms with van der Waals surface area (Å²) in [5, 5.41) is 0. The van der Waals surface area contributed by atoms with Gasteiger partial charge in [-0.05, 0) is 31.9 Å². The number of hydrogen-bond acceptors (Lipinski definition) is 5. The predicted octanol–water partition coefficient (Wildman–Crippen LogP) is 4.05. The molecule has 0 amide bonds. The Bertz CT molecular complexity index is 823. The highest BCUT2D eigenvalue weighted by molar-refractivity contribution is 5.98. The average molecular weight is 392 g/mol. The molecule has 28 heavy (non-hydrogen) atoms. The number of halogens is 3. The van der Waals surface area contributed by atoms with Crippen molar-refractivity contribution in [1.82, 2.24) is 9.97 Å². The number of ketones is 1. The van der Waals surface area contributed by atoms with Gasteiger partial charge >= 0.3 is 6.18 Å². The van der Waals surface area contributed by atoms with Gasteiger partial charge in [-0.2, -0.15) is 13.2 Å². The molecule has 0 N–H and O–H groups in total. The average Bonchev–Trinajstić information content (AvgIpc) is 2.72. The molecule has 0 spiro atoms. The Morgan fingerprint density at radius 3 is 2.61 bits per heavy atom. The Hall–Kier alpha value is -2.64. The van der Waals surface area contributed by atoms with Gasteiger partial charge in [-0.15, -0.1) is 0 Å². The smallest absolute Gasteiger partial charge is 0.360 e. The van der Waals surface area contributed by atoms with Crippen LogP contribution in [0, 0.1) is 5.92 Å². The molecule has 5 nitrogen and oxygen atoms in total. The van der Waals surface area contributed by atoms with E-state index in [2.05, 4.69) is 9.97 Å². The third-order valence-electron chi connectivity index (χ3n) is 5.12. The molecule has 8 heteroatoms. The molecule has 0 unspecified atom stereocenters. The molecule has 150 valence electrons. The van der Waals surface area contributed by atoms with Crippen LogP contribution in [0.5, 0.6) is 0 Å². The highest BCUT2D eigenvalue weighted by atomic mass is 19.4. The third-order valence-corrected chi connectivity index (χ3v) is 5.12. The number of aromatic nitrogens is 2. The van der Waals surface area contributed by atoms with E-state index in [1.54, 1.807) is 0 Å². The van der Waals surface area contributed by atoms with E-state index in [-0.39, 0.29) is 11.7 Å². The Labute approximate surface area is 162 Å². The zero-order valence-electron chi connectivity index (χ0n) is 15.9. The molecule has 1 aliphatic heterocycles. The zero-order valence-corrected chi connectivity index (χ0v) is 15.9. The van der Waals surface area contributed by atoms with Crippen LogP contribution < -0.4 is 9.80 Å². The van der Waals surface area contributed by atoms with Crippen LogP contribution in [0.3, 0.4) is 0 Å². The van der Waals surface area contributed by atoms with Gasteiger partial charge in [-0.25, -0.2) is 9.97 Å². The maximum Gasteiger partial charge on any atom is 0.416 e. The summed E-state index contributed by atoms with van der Waals surface area (Å²) >= 11 is 0. The summed E-state index contributed by atoms with van der Waals surface area (Å²) in [5.74, 6) is 1.17. The maximum absolute atomic E-state index is 12.8. The summed E-state index contributed by atoms with van der Waals surface area (Å²) < 4.78 is 38.2. The Balaban J connectivity index is 1.73. The summed E-state index contributed by atoms with van der Waals surface area (Å²) in [7, 11) is 1.94. The van der Waals surface area contributed by atoms with Crippen LogP contribution >= 0.6 is 0 Å². The van der Waals surface area contributed by atoms with E-state index in [0.29, 0.717) is 18.5 Å². The SMILES string of the molecule is CCN(C)c1cc(N2CCC[C@@H](C(=O)c3ccc(C(F)(F)F)cc3)C2)ncn1. The molecule has 0 saturated carbocycles. The van der Waals surface area contributed by atoms with Crippen molar-refractivity contribution in [2.45, 2.75) is 25.9 Å².